The maximum Gasteiger partial charge on any atom is 0.305 e. The smallest absolute Gasteiger partial charge is 0.305 e. The molecule has 0 aromatic heterocycles. The van der Waals surface area contributed by atoms with Gasteiger partial charge in [-0.3, -0.25) is 0 Å². The monoisotopic (exact) mass is 608 g/mol. The summed E-state index contributed by atoms with van der Waals surface area (Å²) >= 11 is 0. The quantitative estimate of drug-likeness (QED) is 0.146. The summed E-state index contributed by atoms with van der Waals surface area (Å²) in [5.74, 6) is -9.83. The van der Waals surface area contributed by atoms with Gasteiger partial charge >= 0.3 is 5.79 Å². The molecular formula is C30H24O14. The second-order valence-electron chi connectivity index (χ2n) is 10.9. The van der Waals surface area contributed by atoms with Crippen LogP contribution >= 0.6 is 0 Å². The van der Waals surface area contributed by atoms with E-state index in [2.05, 4.69) is 0 Å². The molecule has 11 N–H and O–H groups in total. The topological polar surface area (TPSA) is 250 Å². The Bertz CT molecular complexity index is 1840. The van der Waals surface area contributed by atoms with Crippen LogP contribution in [-0.4, -0.2) is 68.4 Å². The van der Waals surface area contributed by atoms with Gasteiger partial charge < -0.3 is 70.4 Å². The molecule has 0 saturated heterocycles. The molecule has 44 heavy (non-hydrogen) atoms. The van der Waals surface area contributed by atoms with Gasteiger partial charge in [-0.15, -0.1) is 0 Å². The van der Waals surface area contributed by atoms with Crippen LogP contribution in [0.15, 0.2) is 42.5 Å². The Morgan fingerprint density at radius 3 is 1.77 bits per heavy atom. The summed E-state index contributed by atoms with van der Waals surface area (Å²) in [5.41, 5.74) is -0.0884. The number of hydrogen-bond acceptors (Lipinski definition) is 14. The van der Waals surface area contributed by atoms with Crippen LogP contribution in [0.2, 0.25) is 0 Å². The molecule has 7 rings (SSSR count). The molecule has 3 aliphatic rings. The molecule has 0 radical (unpaired) electrons. The van der Waals surface area contributed by atoms with Gasteiger partial charge in [0, 0.05) is 52.4 Å². The lowest BCUT2D eigenvalue weighted by atomic mass is 9.74. The van der Waals surface area contributed by atoms with Crippen LogP contribution < -0.4 is 14.2 Å². The van der Waals surface area contributed by atoms with E-state index in [1.54, 1.807) is 0 Å². The predicted molar refractivity (Wildman–Crippen MR) is 145 cm³/mol. The zero-order valence-corrected chi connectivity index (χ0v) is 22.2. The molecular weight excluding hydrogens is 584 g/mol. The summed E-state index contributed by atoms with van der Waals surface area (Å²) in [6, 6.07) is 7.58. The Kier molecular flexibility index (Phi) is 5.54. The zero-order chi connectivity index (χ0) is 31.4. The lowest BCUT2D eigenvalue weighted by Crippen LogP contribution is -2.57. The standard InChI is InChI=1S/C30H24O14/c31-11-5-13(32)22-20(6-11)43-30(10-3-16(35)27(40)17(36)4-10)29(41)24(22)23-21(44-30)8-19-12(25(23)38)7-18(37)28(42-19)9-1-14(33)26(39)15(34)2-9/h1-6,8,18,24,28-29,31-41H,7H2. The van der Waals surface area contributed by atoms with E-state index in [1.807, 2.05) is 0 Å². The van der Waals surface area contributed by atoms with E-state index in [0.29, 0.717) is 0 Å². The van der Waals surface area contributed by atoms with E-state index < -0.39 is 81.8 Å². The zero-order valence-electron chi connectivity index (χ0n) is 22.2. The highest BCUT2D eigenvalue weighted by molar-refractivity contribution is 5.68. The van der Waals surface area contributed by atoms with Crippen molar-refractivity contribution in [1.82, 2.24) is 0 Å². The van der Waals surface area contributed by atoms with Gasteiger partial charge in [-0.25, -0.2) is 0 Å². The summed E-state index contributed by atoms with van der Waals surface area (Å²) in [6.45, 7) is 0. The fourth-order valence-electron chi connectivity index (χ4n) is 6.22. The number of aromatic hydroxyl groups is 9. The summed E-state index contributed by atoms with van der Waals surface area (Å²) in [4.78, 5) is 0. The van der Waals surface area contributed by atoms with Crippen LogP contribution in [0, 0.1) is 0 Å². The van der Waals surface area contributed by atoms with Gasteiger partial charge in [0.25, 0.3) is 0 Å². The normalized spacial score (nSPS) is 24.6. The van der Waals surface area contributed by atoms with Crippen LogP contribution in [0.5, 0.6) is 69.0 Å². The number of hydrogen-bond donors (Lipinski definition) is 11. The number of phenols is 9. The number of fused-ring (bicyclic) bond motifs is 7. The van der Waals surface area contributed by atoms with Gasteiger partial charge in [0.1, 0.15) is 40.6 Å². The SMILES string of the molecule is Oc1cc(O)c2c(c1)OC1(c3cc(O)c(O)c(O)c3)Oc3cc4c(c(O)c3C2C1O)CC(O)C(c1cc(O)c(O)c(O)c1)O4. The Hall–Kier alpha value is -5.60. The van der Waals surface area contributed by atoms with E-state index in [-0.39, 0.29) is 51.5 Å². The van der Waals surface area contributed by atoms with Crippen LogP contribution in [0.25, 0.3) is 0 Å². The van der Waals surface area contributed by atoms with Crippen molar-refractivity contribution in [3.63, 3.8) is 0 Å². The maximum atomic E-state index is 11.8. The molecule has 3 heterocycles. The lowest BCUT2D eigenvalue weighted by Gasteiger charge is -2.50. The molecule has 0 amide bonds. The van der Waals surface area contributed by atoms with E-state index >= 15 is 0 Å². The molecule has 4 aromatic carbocycles. The molecule has 14 heteroatoms. The van der Waals surface area contributed by atoms with Gasteiger partial charge in [0.15, 0.2) is 40.6 Å². The molecule has 5 atom stereocenters. The summed E-state index contributed by atoms with van der Waals surface area (Å²) < 4.78 is 18.2. The number of aliphatic hydroxyl groups is 2. The first kappa shape index (κ1) is 27.2. The number of aliphatic hydroxyl groups excluding tert-OH is 2. The van der Waals surface area contributed by atoms with Crippen molar-refractivity contribution in [3.8, 4) is 69.0 Å². The fourth-order valence-corrected chi connectivity index (χ4v) is 6.22. The maximum absolute atomic E-state index is 11.8. The number of ether oxygens (including phenoxy) is 3. The average molecular weight is 609 g/mol. The summed E-state index contributed by atoms with van der Waals surface area (Å²) in [7, 11) is 0. The second-order valence-corrected chi connectivity index (χ2v) is 10.9. The van der Waals surface area contributed by atoms with Crippen molar-refractivity contribution in [2.75, 3.05) is 0 Å². The molecule has 5 unspecified atom stereocenters. The Morgan fingerprint density at radius 1 is 0.591 bits per heavy atom. The number of phenolic OH excluding ortho intramolecular Hbond substituents is 9. The van der Waals surface area contributed by atoms with Crippen LogP contribution in [-0.2, 0) is 12.2 Å². The lowest BCUT2D eigenvalue weighted by molar-refractivity contribution is -0.219. The van der Waals surface area contributed by atoms with Crippen LogP contribution in [0.3, 0.4) is 0 Å². The van der Waals surface area contributed by atoms with Crippen molar-refractivity contribution in [2.24, 2.45) is 0 Å². The van der Waals surface area contributed by atoms with E-state index in [9.17, 15) is 56.2 Å². The first-order valence-corrected chi connectivity index (χ1v) is 13.2. The summed E-state index contributed by atoms with van der Waals surface area (Å²) in [6.07, 6.45) is -4.54. The van der Waals surface area contributed by atoms with Crippen molar-refractivity contribution in [2.45, 2.75) is 36.4 Å². The van der Waals surface area contributed by atoms with Crippen LogP contribution in [0.4, 0.5) is 0 Å². The molecule has 0 fully saturated rings. The number of rotatable bonds is 2. The third-order valence-corrected chi connectivity index (χ3v) is 8.23. The van der Waals surface area contributed by atoms with Crippen molar-refractivity contribution in [1.29, 1.82) is 0 Å². The third-order valence-electron chi connectivity index (χ3n) is 8.23. The van der Waals surface area contributed by atoms with Crippen LogP contribution in [0.1, 0.15) is 39.8 Å². The first-order chi connectivity index (χ1) is 20.8. The Morgan fingerprint density at radius 2 is 1.16 bits per heavy atom. The largest absolute Gasteiger partial charge is 0.508 e. The molecule has 228 valence electrons. The van der Waals surface area contributed by atoms with Gasteiger partial charge in [0.2, 0.25) is 0 Å². The molecule has 4 aromatic rings. The molecule has 3 aliphatic heterocycles. The van der Waals surface area contributed by atoms with Crippen molar-refractivity contribution < 1.29 is 70.4 Å². The third kappa shape index (κ3) is 3.61. The van der Waals surface area contributed by atoms with E-state index in [1.165, 1.54) is 6.07 Å². The molecule has 0 aliphatic carbocycles. The molecule has 0 spiro atoms. The highest BCUT2D eigenvalue weighted by atomic mass is 16.7. The minimum atomic E-state index is -2.30. The first-order valence-electron chi connectivity index (χ1n) is 13.2. The Balaban J connectivity index is 1.44. The molecule has 2 bridgehead atoms. The second kappa shape index (κ2) is 8.95. The molecule has 0 saturated carbocycles. The van der Waals surface area contributed by atoms with Crippen molar-refractivity contribution >= 4 is 0 Å². The highest BCUT2D eigenvalue weighted by Crippen LogP contribution is 2.62. The highest BCUT2D eigenvalue weighted by Gasteiger charge is 2.60. The van der Waals surface area contributed by atoms with E-state index in [0.717, 1.165) is 36.4 Å². The minimum absolute atomic E-state index is 0.0141. The van der Waals surface area contributed by atoms with Gasteiger partial charge in [0.05, 0.1) is 12.0 Å². The van der Waals surface area contributed by atoms with E-state index in [4.69, 9.17) is 14.2 Å². The van der Waals surface area contributed by atoms with Gasteiger partial charge in [-0.1, -0.05) is 0 Å². The Labute approximate surface area is 246 Å². The number of benzene rings is 4. The summed E-state index contributed by atoms with van der Waals surface area (Å²) in [5, 5.41) is 116. The predicted octanol–water partition coefficient (Wildman–Crippen LogP) is 2.20. The van der Waals surface area contributed by atoms with Gasteiger partial charge in [-0.2, -0.15) is 0 Å². The fraction of sp³-hybridized carbons (Fsp3) is 0.200. The minimum Gasteiger partial charge on any atom is -0.508 e. The molecule has 14 nitrogen and oxygen atoms in total. The van der Waals surface area contributed by atoms with Crippen molar-refractivity contribution in [3.05, 3.63) is 70.3 Å². The van der Waals surface area contributed by atoms with Gasteiger partial charge in [-0.05, 0) is 24.3 Å². The average Bonchev–Trinajstić information content (AvgIpc) is 2.95.